The van der Waals surface area contributed by atoms with Crippen LogP contribution in [0.3, 0.4) is 0 Å². The van der Waals surface area contributed by atoms with E-state index in [1.54, 1.807) is 0 Å². The summed E-state index contributed by atoms with van der Waals surface area (Å²) < 4.78 is 0. The molecule has 0 aromatic heterocycles. The van der Waals surface area contributed by atoms with Crippen molar-refractivity contribution in [1.29, 1.82) is 0 Å². The number of rotatable bonds is 0. The molecular formula is C4H9Ni-. The van der Waals surface area contributed by atoms with Gasteiger partial charge in [-0.05, 0) is 0 Å². The van der Waals surface area contributed by atoms with E-state index in [-0.39, 0.29) is 16.5 Å². The van der Waals surface area contributed by atoms with Crippen LogP contribution in [0.15, 0.2) is 0 Å². The van der Waals surface area contributed by atoms with E-state index in [4.69, 9.17) is 0 Å². The third kappa shape index (κ3) is 115. The van der Waals surface area contributed by atoms with Gasteiger partial charge in [0.1, 0.15) is 0 Å². The second kappa shape index (κ2) is 4.49. The molecular weight excluding hydrogens is 107 g/mol. The summed E-state index contributed by atoms with van der Waals surface area (Å²) in [5.41, 5.74) is 0. The molecule has 0 aliphatic rings. The van der Waals surface area contributed by atoms with Gasteiger partial charge < -0.3 is 5.92 Å². The van der Waals surface area contributed by atoms with Gasteiger partial charge in [-0.25, -0.2) is 0 Å². The Hall–Kier alpha value is 0.494. The second-order valence-corrected chi connectivity index (χ2v) is 1.50. The predicted octanol–water partition coefficient (Wildman–Crippen LogP) is 1.62. The molecule has 0 N–H and O–H groups in total. The Labute approximate surface area is 43.9 Å². The summed E-state index contributed by atoms with van der Waals surface area (Å²) in [5, 5.41) is 0. The first-order chi connectivity index (χ1) is 1.73. The Bertz CT molecular complexity index is 8.36. The van der Waals surface area contributed by atoms with Crippen LogP contribution in [0, 0.1) is 5.92 Å². The molecule has 0 atom stereocenters. The van der Waals surface area contributed by atoms with Crippen LogP contribution in [0.25, 0.3) is 0 Å². The minimum absolute atomic E-state index is 0. The molecule has 0 rings (SSSR count). The standard InChI is InChI=1S/C4H9.Ni/c1-4(2)3;/h1-3H3;/q-1;. The third-order valence-corrected chi connectivity index (χ3v) is 0. The zero-order valence-electron chi connectivity index (χ0n) is 3.82. The second-order valence-electron chi connectivity index (χ2n) is 1.50. The van der Waals surface area contributed by atoms with Crippen molar-refractivity contribution < 1.29 is 16.5 Å². The van der Waals surface area contributed by atoms with E-state index in [2.05, 4.69) is 20.8 Å². The van der Waals surface area contributed by atoms with Gasteiger partial charge in [0.05, 0.1) is 0 Å². The maximum absolute atomic E-state index is 2.08. The van der Waals surface area contributed by atoms with Crippen molar-refractivity contribution in [1.82, 2.24) is 0 Å². The van der Waals surface area contributed by atoms with Crippen LogP contribution in [0.2, 0.25) is 0 Å². The smallest absolute Gasteiger partial charge is 0 e. The summed E-state index contributed by atoms with van der Waals surface area (Å²) in [7, 11) is 0. The fourth-order valence-corrected chi connectivity index (χ4v) is 0. The van der Waals surface area contributed by atoms with Gasteiger partial charge in [-0.3, -0.25) is 0 Å². The molecule has 1 heteroatoms. The van der Waals surface area contributed by atoms with E-state index in [9.17, 15) is 0 Å². The molecule has 0 unspecified atom stereocenters. The molecule has 0 saturated heterocycles. The molecule has 0 nitrogen and oxygen atoms in total. The van der Waals surface area contributed by atoms with Crippen LogP contribution in [-0.2, 0) is 16.5 Å². The molecule has 5 heavy (non-hydrogen) atoms. The fourth-order valence-electron chi connectivity index (χ4n) is 0. The summed E-state index contributed by atoms with van der Waals surface area (Å²) >= 11 is 0. The predicted molar refractivity (Wildman–Crippen MR) is 20.3 cm³/mol. The molecule has 0 aromatic carbocycles. The molecule has 0 aliphatic carbocycles. The Balaban J connectivity index is 0. The number of hydrogen-bond acceptors (Lipinski definition) is 0. The zero-order valence-corrected chi connectivity index (χ0v) is 4.80. The molecule has 0 spiro atoms. The Morgan fingerprint density at radius 3 is 1.00 bits per heavy atom. The SMILES string of the molecule is C[C-](C)C.[Ni]. The Kier molecular flexibility index (Phi) is 8.17. The zero-order chi connectivity index (χ0) is 3.58. The van der Waals surface area contributed by atoms with E-state index in [0.717, 1.165) is 0 Å². The van der Waals surface area contributed by atoms with Crippen LogP contribution in [0.4, 0.5) is 0 Å². The van der Waals surface area contributed by atoms with Crippen molar-refractivity contribution in [2.75, 3.05) is 0 Å². The number of hydrogen-bond donors (Lipinski definition) is 0. The molecule has 0 aliphatic heterocycles. The van der Waals surface area contributed by atoms with Gasteiger partial charge in [0.2, 0.25) is 0 Å². The van der Waals surface area contributed by atoms with Crippen molar-refractivity contribution in [2.24, 2.45) is 0 Å². The largest absolute Gasteiger partial charge is 0.323 e. The minimum Gasteiger partial charge on any atom is -0.323 e. The van der Waals surface area contributed by atoms with E-state index < -0.39 is 0 Å². The minimum atomic E-state index is 0. The molecule has 0 saturated carbocycles. The quantitative estimate of drug-likeness (QED) is 0.333. The summed E-state index contributed by atoms with van der Waals surface area (Å²) in [4.78, 5) is 0. The fraction of sp³-hybridized carbons (Fsp3) is 0.750. The van der Waals surface area contributed by atoms with Crippen molar-refractivity contribution in [2.45, 2.75) is 20.8 Å². The molecule has 0 radical (unpaired) electrons. The molecule has 0 bridgehead atoms. The maximum atomic E-state index is 2.08. The monoisotopic (exact) mass is 115 g/mol. The first-order valence-electron chi connectivity index (χ1n) is 1.50. The van der Waals surface area contributed by atoms with Crippen molar-refractivity contribution in [3.05, 3.63) is 5.92 Å². The van der Waals surface area contributed by atoms with E-state index in [1.807, 2.05) is 0 Å². The average Bonchev–Trinajstić information content (AvgIpc) is 0.811. The van der Waals surface area contributed by atoms with Crippen LogP contribution < -0.4 is 0 Å². The third-order valence-electron chi connectivity index (χ3n) is 0. The van der Waals surface area contributed by atoms with Crippen molar-refractivity contribution in [3.8, 4) is 0 Å². The van der Waals surface area contributed by atoms with E-state index in [0.29, 0.717) is 0 Å². The summed E-state index contributed by atoms with van der Waals surface area (Å²) in [5.74, 6) is 1.42. The molecule has 36 valence electrons. The Morgan fingerprint density at radius 2 is 1.00 bits per heavy atom. The van der Waals surface area contributed by atoms with Gasteiger partial charge in [-0.15, -0.1) is 0 Å². The van der Waals surface area contributed by atoms with Gasteiger partial charge in [0, 0.05) is 16.5 Å². The van der Waals surface area contributed by atoms with Crippen molar-refractivity contribution in [3.63, 3.8) is 0 Å². The van der Waals surface area contributed by atoms with Crippen molar-refractivity contribution >= 4 is 0 Å². The topological polar surface area (TPSA) is 0 Å². The summed E-state index contributed by atoms with van der Waals surface area (Å²) in [6.45, 7) is 6.25. The normalized spacial score (nSPS) is 7.20. The molecule has 0 aromatic rings. The van der Waals surface area contributed by atoms with Crippen LogP contribution in [0.5, 0.6) is 0 Å². The first kappa shape index (κ1) is 9.09. The van der Waals surface area contributed by atoms with Crippen LogP contribution >= 0.6 is 0 Å². The van der Waals surface area contributed by atoms with E-state index in [1.165, 1.54) is 5.92 Å². The Morgan fingerprint density at radius 1 is 1.00 bits per heavy atom. The first-order valence-corrected chi connectivity index (χ1v) is 1.50. The summed E-state index contributed by atoms with van der Waals surface area (Å²) in [6, 6.07) is 0. The molecule has 0 heterocycles. The van der Waals surface area contributed by atoms with Crippen LogP contribution in [-0.4, -0.2) is 0 Å². The van der Waals surface area contributed by atoms with Gasteiger partial charge in [-0.2, -0.15) is 20.8 Å². The maximum Gasteiger partial charge on any atom is 0 e. The summed E-state index contributed by atoms with van der Waals surface area (Å²) in [6.07, 6.45) is 0. The van der Waals surface area contributed by atoms with E-state index >= 15 is 0 Å². The van der Waals surface area contributed by atoms with Gasteiger partial charge >= 0.3 is 0 Å². The van der Waals surface area contributed by atoms with Crippen LogP contribution in [0.1, 0.15) is 20.8 Å². The van der Waals surface area contributed by atoms with Gasteiger partial charge in [-0.1, -0.05) is 0 Å². The molecule has 0 fully saturated rings. The van der Waals surface area contributed by atoms with Gasteiger partial charge in [0.25, 0.3) is 0 Å². The molecule has 0 amide bonds. The van der Waals surface area contributed by atoms with Gasteiger partial charge in [0.15, 0.2) is 0 Å². The average molecular weight is 116 g/mol.